The molecule has 2 heterocycles. The Morgan fingerprint density at radius 1 is 0.388 bits per heavy atom. The fraction of sp³-hybridized carbons (Fsp3) is 0.182. The fourth-order valence-corrected chi connectivity index (χ4v) is 8.01. The van der Waals surface area contributed by atoms with Gasteiger partial charge in [-0.05, 0) is 112 Å². The predicted molar refractivity (Wildman–Crippen MR) is 205 cm³/mol. The zero-order valence-corrected chi connectivity index (χ0v) is 29.2. The van der Waals surface area contributed by atoms with Crippen LogP contribution in [0, 0.1) is 41.5 Å². The van der Waals surface area contributed by atoms with Gasteiger partial charge in [0.2, 0.25) is 0 Å². The van der Waals surface area contributed by atoms with Crippen LogP contribution >= 0.6 is 0 Å². The molecule has 244 valence electrons. The van der Waals surface area contributed by atoms with E-state index in [1.807, 2.05) is 12.1 Å². The lowest BCUT2D eigenvalue weighted by Crippen LogP contribution is -2.25. The van der Waals surface area contributed by atoms with E-state index in [2.05, 4.69) is 170 Å². The number of nitrogens with zero attached hydrogens (tertiary/aromatic N) is 4. The largest absolute Gasteiger partial charge is 0.457 e. The van der Waals surface area contributed by atoms with Crippen LogP contribution in [0.2, 0.25) is 0 Å². The van der Waals surface area contributed by atoms with Crippen LogP contribution < -0.4 is 24.3 Å². The maximum atomic E-state index is 6.60. The van der Waals surface area contributed by atoms with Gasteiger partial charge in [0.25, 0.3) is 0 Å². The highest BCUT2D eigenvalue weighted by Crippen LogP contribution is 2.48. The summed E-state index contributed by atoms with van der Waals surface area (Å²) in [7, 11) is 0. The number of benzene rings is 6. The van der Waals surface area contributed by atoms with Crippen molar-refractivity contribution in [3.63, 3.8) is 0 Å². The first-order valence-corrected chi connectivity index (χ1v) is 17.1. The van der Waals surface area contributed by atoms with Gasteiger partial charge in [0.05, 0.1) is 22.7 Å². The first kappa shape index (κ1) is 30.6. The molecule has 0 amide bonds. The summed E-state index contributed by atoms with van der Waals surface area (Å²) >= 11 is 0. The van der Waals surface area contributed by atoms with Gasteiger partial charge in [-0.1, -0.05) is 71.8 Å². The molecule has 2 aliphatic heterocycles. The van der Waals surface area contributed by atoms with Gasteiger partial charge in [-0.3, -0.25) is 0 Å². The van der Waals surface area contributed by atoms with Crippen LogP contribution in [0.5, 0.6) is 11.5 Å². The molecule has 8 rings (SSSR count). The molecule has 0 saturated carbocycles. The minimum atomic E-state index is 0.730. The van der Waals surface area contributed by atoms with E-state index in [1.165, 1.54) is 67.5 Å². The number of hydrogen-bond acceptors (Lipinski definition) is 5. The predicted octanol–water partition coefficient (Wildman–Crippen LogP) is 11.8. The Morgan fingerprint density at radius 2 is 0.735 bits per heavy atom. The second-order valence-electron chi connectivity index (χ2n) is 13.6. The van der Waals surface area contributed by atoms with Gasteiger partial charge in [-0.2, -0.15) is 0 Å². The Balaban J connectivity index is 1.08. The maximum absolute atomic E-state index is 6.60. The van der Waals surface area contributed by atoms with Gasteiger partial charge in [0, 0.05) is 34.9 Å². The summed E-state index contributed by atoms with van der Waals surface area (Å²) in [5.74, 6) is 1.62. The molecule has 6 aromatic carbocycles. The summed E-state index contributed by atoms with van der Waals surface area (Å²) in [5, 5.41) is 0. The highest BCUT2D eigenvalue weighted by molar-refractivity contribution is 5.90. The van der Waals surface area contributed by atoms with E-state index in [4.69, 9.17) is 4.74 Å². The molecule has 5 nitrogen and oxygen atoms in total. The number of fused-ring (bicyclic) bond motifs is 2. The van der Waals surface area contributed by atoms with E-state index in [1.54, 1.807) is 0 Å². The Bertz CT molecular complexity index is 2020. The molecule has 0 N–H and O–H groups in total. The molecule has 0 aromatic heterocycles. The van der Waals surface area contributed by atoms with Crippen LogP contribution in [0.15, 0.2) is 121 Å². The van der Waals surface area contributed by atoms with Crippen molar-refractivity contribution < 1.29 is 4.74 Å². The highest BCUT2D eigenvalue weighted by Gasteiger charge is 2.31. The molecular weight excluding hydrogens is 601 g/mol. The second kappa shape index (κ2) is 12.1. The lowest BCUT2D eigenvalue weighted by Gasteiger charge is -2.26. The minimum absolute atomic E-state index is 0.730. The Labute approximate surface area is 290 Å². The number of aryl methyl sites for hydroxylation is 6. The topological polar surface area (TPSA) is 22.2 Å². The third-order valence-electron chi connectivity index (χ3n) is 9.80. The first-order chi connectivity index (χ1) is 23.7. The highest BCUT2D eigenvalue weighted by atomic mass is 16.5. The molecule has 0 spiro atoms. The Hall–Kier alpha value is -5.68. The molecule has 6 aromatic rings. The van der Waals surface area contributed by atoms with Crippen molar-refractivity contribution in [1.29, 1.82) is 0 Å². The van der Waals surface area contributed by atoms with Gasteiger partial charge in [0.15, 0.2) is 0 Å². The van der Waals surface area contributed by atoms with Crippen LogP contribution in [0.1, 0.15) is 33.4 Å². The van der Waals surface area contributed by atoms with Crippen molar-refractivity contribution >= 4 is 45.5 Å². The Morgan fingerprint density at radius 3 is 1.10 bits per heavy atom. The summed E-state index contributed by atoms with van der Waals surface area (Å²) < 4.78 is 6.60. The third-order valence-corrected chi connectivity index (χ3v) is 9.80. The molecule has 0 fully saturated rings. The number of para-hydroxylation sites is 4. The normalized spacial score (nSPS) is 13.6. The molecule has 0 unspecified atom stereocenters. The standard InChI is InChI=1S/C44H42N4O/c1-29-21-31(3)43(32(4)22-29)47-27-45(39-17-7-9-19-41(39)47)35-13-11-15-37(25-35)49-38-16-12-14-36(26-38)46-28-48(42-20-10-8-18-40(42)46)44-33(5)23-30(2)24-34(44)6/h7-26H,27-28H2,1-6H3. The smallest absolute Gasteiger partial charge is 0.129 e. The van der Waals surface area contributed by atoms with E-state index in [0.717, 1.165) is 36.2 Å². The van der Waals surface area contributed by atoms with Crippen LogP contribution in [0.3, 0.4) is 0 Å². The quantitative estimate of drug-likeness (QED) is 0.180. The van der Waals surface area contributed by atoms with Crippen LogP contribution in [0.4, 0.5) is 45.5 Å². The number of hydrogen-bond donors (Lipinski definition) is 0. The molecule has 0 saturated heterocycles. The fourth-order valence-electron chi connectivity index (χ4n) is 8.01. The second-order valence-corrected chi connectivity index (χ2v) is 13.6. The van der Waals surface area contributed by atoms with E-state index in [9.17, 15) is 0 Å². The molecule has 0 atom stereocenters. The van der Waals surface area contributed by atoms with Crippen molar-refractivity contribution in [2.75, 3.05) is 32.9 Å². The van der Waals surface area contributed by atoms with Gasteiger partial charge >= 0.3 is 0 Å². The van der Waals surface area contributed by atoms with Crippen molar-refractivity contribution in [1.82, 2.24) is 0 Å². The van der Waals surface area contributed by atoms with Crippen LogP contribution in [-0.2, 0) is 0 Å². The summed E-state index contributed by atoms with van der Waals surface area (Å²) in [6.45, 7) is 14.7. The van der Waals surface area contributed by atoms with E-state index < -0.39 is 0 Å². The molecule has 49 heavy (non-hydrogen) atoms. The molecule has 2 aliphatic rings. The summed E-state index contributed by atoms with van der Waals surface area (Å²) in [6, 6.07) is 43.4. The molecule has 0 aliphatic carbocycles. The zero-order chi connectivity index (χ0) is 33.8. The van der Waals surface area contributed by atoms with Crippen LogP contribution in [-0.4, -0.2) is 13.3 Å². The van der Waals surface area contributed by atoms with E-state index in [0.29, 0.717) is 0 Å². The van der Waals surface area contributed by atoms with Crippen molar-refractivity contribution in [2.45, 2.75) is 41.5 Å². The zero-order valence-electron chi connectivity index (χ0n) is 29.2. The summed E-state index contributed by atoms with van der Waals surface area (Å²) in [6.07, 6.45) is 0. The Kier molecular flexibility index (Phi) is 7.56. The number of anilines is 8. The van der Waals surface area contributed by atoms with Gasteiger partial charge in [0.1, 0.15) is 24.8 Å². The molecular formula is C44H42N4O. The van der Waals surface area contributed by atoms with Gasteiger partial charge < -0.3 is 24.3 Å². The summed E-state index contributed by atoms with van der Waals surface area (Å²) in [5.41, 5.74) is 17.3. The maximum Gasteiger partial charge on any atom is 0.129 e. The van der Waals surface area contributed by atoms with Crippen LogP contribution in [0.25, 0.3) is 0 Å². The lowest BCUT2D eigenvalue weighted by molar-refractivity contribution is 0.483. The van der Waals surface area contributed by atoms with Gasteiger partial charge in [-0.15, -0.1) is 0 Å². The number of rotatable bonds is 6. The van der Waals surface area contributed by atoms with E-state index in [-0.39, 0.29) is 0 Å². The molecule has 0 radical (unpaired) electrons. The third kappa shape index (κ3) is 5.45. The minimum Gasteiger partial charge on any atom is -0.457 e. The lowest BCUT2D eigenvalue weighted by atomic mass is 10.0. The molecule has 0 bridgehead atoms. The number of ether oxygens (including phenoxy) is 1. The van der Waals surface area contributed by atoms with E-state index >= 15 is 0 Å². The summed E-state index contributed by atoms with van der Waals surface area (Å²) in [4.78, 5) is 9.63. The average molecular weight is 643 g/mol. The molecule has 5 heteroatoms. The van der Waals surface area contributed by atoms with Crippen molar-refractivity contribution in [3.05, 3.63) is 155 Å². The van der Waals surface area contributed by atoms with Crippen molar-refractivity contribution in [2.24, 2.45) is 0 Å². The van der Waals surface area contributed by atoms with Gasteiger partial charge in [-0.25, -0.2) is 0 Å². The first-order valence-electron chi connectivity index (χ1n) is 17.1. The monoisotopic (exact) mass is 642 g/mol. The van der Waals surface area contributed by atoms with Crippen molar-refractivity contribution in [3.8, 4) is 11.5 Å². The average Bonchev–Trinajstić information content (AvgIpc) is 3.64. The SMILES string of the molecule is Cc1cc(C)c(N2CN(c3cccc(Oc4cccc(N5CN(c6c(C)cc(C)cc6C)c6ccccc65)c4)c3)c3ccccc32)c(C)c1.